The van der Waals surface area contributed by atoms with Gasteiger partial charge in [0.05, 0.1) is 12.7 Å². The number of rotatable bonds is 9. The van der Waals surface area contributed by atoms with E-state index < -0.39 is 5.54 Å². The van der Waals surface area contributed by atoms with Crippen molar-refractivity contribution >= 4 is 0 Å². The van der Waals surface area contributed by atoms with E-state index in [4.69, 9.17) is 10.00 Å². The molecule has 100 valence electrons. The Labute approximate surface area is 106 Å². The Morgan fingerprint density at radius 2 is 2.12 bits per heavy atom. The van der Waals surface area contributed by atoms with E-state index in [0.717, 1.165) is 32.5 Å². The number of hydrogen-bond donors (Lipinski definition) is 1. The Hall–Kier alpha value is -0.630. The molecule has 2 atom stereocenters. The fourth-order valence-corrected chi connectivity index (χ4v) is 1.62. The molecule has 0 radical (unpaired) electrons. The molecule has 0 bridgehead atoms. The minimum Gasteiger partial charge on any atom is -0.383 e. The van der Waals surface area contributed by atoms with Crippen LogP contribution in [-0.2, 0) is 4.74 Å². The second-order valence-corrected chi connectivity index (χ2v) is 4.73. The first-order valence-corrected chi connectivity index (χ1v) is 6.36. The van der Waals surface area contributed by atoms with E-state index in [1.54, 1.807) is 7.11 Å². The average molecular weight is 241 g/mol. The number of nitriles is 1. The summed E-state index contributed by atoms with van der Waals surface area (Å²) in [6.45, 7) is 8.94. The minimum absolute atomic E-state index is 0.432. The molecule has 0 aromatic rings. The third-order valence-electron chi connectivity index (χ3n) is 3.49. The molecule has 0 saturated heterocycles. The summed E-state index contributed by atoms with van der Waals surface area (Å²) in [6.07, 6.45) is 1.95. The molecule has 0 spiro atoms. The Morgan fingerprint density at radius 3 is 2.53 bits per heavy atom. The average Bonchev–Trinajstić information content (AvgIpc) is 2.37. The van der Waals surface area contributed by atoms with E-state index in [9.17, 15) is 0 Å². The van der Waals surface area contributed by atoms with Crippen molar-refractivity contribution in [2.75, 3.05) is 33.9 Å². The van der Waals surface area contributed by atoms with Crippen LogP contribution in [0.5, 0.6) is 0 Å². The highest BCUT2D eigenvalue weighted by molar-refractivity contribution is 5.03. The van der Waals surface area contributed by atoms with Crippen molar-refractivity contribution in [2.24, 2.45) is 0 Å². The molecule has 0 saturated carbocycles. The Morgan fingerprint density at radius 1 is 1.47 bits per heavy atom. The van der Waals surface area contributed by atoms with Gasteiger partial charge in [-0.1, -0.05) is 6.92 Å². The van der Waals surface area contributed by atoms with Crippen LogP contribution >= 0.6 is 0 Å². The van der Waals surface area contributed by atoms with Crippen molar-refractivity contribution < 1.29 is 4.74 Å². The summed E-state index contributed by atoms with van der Waals surface area (Å²) in [7, 11) is 3.56. The Balaban J connectivity index is 4.29. The molecule has 0 aromatic carbocycles. The standard InChI is InChI=1S/C13H27N3O/c1-6-12(2)16(9-10-17-5)8-7-13(3,11-14)15-4/h12,15H,6-10H2,1-5H3. The molecule has 4 heteroatoms. The summed E-state index contributed by atoms with van der Waals surface area (Å²) in [6, 6.07) is 2.86. The third kappa shape index (κ3) is 6.02. The van der Waals surface area contributed by atoms with Crippen molar-refractivity contribution in [3.05, 3.63) is 0 Å². The Kier molecular flexibility index (Phi) is 8.15. The van der Waals surface area contributed by atoms with Crippen LogP contribution in [0.1, 0.15) is 33.6 Å². The minimum atomic E-state index is -0.432. The van der Waals surface area contributed by atoms with Crippen molar-refractivity contribution in [3.8, 4) is 6.07 Å². The molecule has 0 aliphatic carbocycles. The maximum absolute atomic E-state index is 9.11. The maximum atomic E-state index is 9.11. The topological polar surface area (TPSA) is 48.3 Å². The summed E-state index contributed by atoms with van der Waals surface area (Å²) in [4.78, 5) is 2.39. The van der Waals surface area contributed by atoms with E-state index in [-0.39, 0.29) is 0 Å². The van der Waals surface area contributed by atoms with Gasteiger partial charge >= 0.3 is 0 Å². The monoisotopic (exact) mass is 241 g/mol. The van der Waals surface area contributed by atoms with Gasteiger partial charge in [0.15, 0.2) is 0 Å². The smallest absolute Gasteiger partial charge is 0.104 e. The highest BCUT2D eigenvalue weighted by atomic mass is 16.5. The Bertz CT molecular complexity index is 239. The highest BCUT2D eigenvalue weighted by Gasteiger charge is 2.23. The van der Waals surface area contributed by atoms with E-state index >= 15 is 0 Å². The van der Waals surface area contributed by atoms with Gasteiger partial charge < -0.3 is 10.1 Å². The molecule has 0 rings (SSSR count). The molecule has 0 aliphatic rings. The molecule has 0 aliphatic heterocycles. The highest BCUT2D eigenvalue weighted by Crippen LogP contribution is 2.11. The van der Waals surface area contributed by atoms with E-state index in [1.165, 1.54) is 0 Å². The predicted octanol–water partition coefficient (Wildman–Crippen LogP) is 1.63. The van der Waals surface area contributed by atoms with Crippen LogP contribution in [0.2, 0.25) is 0 Å². The number of methoxy groups -OCH3 is 1. The van der Waals surface area contributed by atoms with Gasteiger partial charge in [-0.05, 0) is 33.7 Å². The van der Waals surface area contributed by atoms with Crippen LogP contribution in [0.4, 0.5) is 0 Å². The third-order valence-corrected chi connectivity index (χ3v) is 3.49. The van der Waals surface area contributed by atoms with Gasteiger partial charge in [-0.3, -0.25) is 4.90 Å². The van der Waals surface area contributed by atoms with Crippen molar-refractivity contribution in [2.45, 2.75) is 45.2 Å². The quantitative estimate of drug-likeness (QED) is 0.666. The zero-order valence-corrected chi connectivity index (χ0v) is 11.9. The van der Waals surface area contributed by atoms with Crippen LogP contribution in [0.25, 0.3) is 0 Å². The summed E-state index contributed by atoms with van der Waals surface area (Å²) in [5.41, 5.74) is -0.432. The van der Waals surface area contributed by atoms with Gasteiger partial charge in [0, 0.05) is 26.2 Å². The van der Waals surface area contributed by atoms with Crippen LogP contribution in [0, 0.1) is 11.3 Å². The van der Waals surface area contributed by atoms with Crippen molar-refractivity contribution in [1.29, 1.82) is 5.26 Å². The van der Waals surface area contributed by atoms with Gasteiger partial charge in [0.25, 0.3) is 0 Å². The molecule has 0 fully saturated rings. The van der Waals surface area contributed by atoms with Crippen LogP contribution in [0.15, 0.2) is 0 Å². The molecule has 0 heterocycles. The molecule has 0 amide bonds. The first kappa shape index (κ1) is 16.4. The summed E-state index contributed by atoms with van der Waals surface area (Å²) >= 11 is 0. The summed E-state index contributed by atoms with van der Waals surface area (Å²) < 4.78 is 5.13. The molecule has 4 nitrogen and oxygen atoms in total. The van der Waals surface area contributed by atoms with Crippen molar-refractivity contribution in [1.82, 2.24) is 10.2 Å². The number of nitrogens with zero attached hydrogens (tertiary/aromatic N) is 2. The van der Waals surface area contributed by atoms with Gasteiger partial charge in [-0.15, -0.1) is 0 Å². The predicted molar refractivity (Wildman–Crippen MR) is 70.9 cm³/mol. The lowest BCUT2D eigenvalue weighted by Crippen LogP contribution is -2.44. The number of ether oxygens (including phenoxy) is 1. The van der Waals surface area contributed by atoms with E-state index in [0.29, 0.717) is 6.04 Å². The summed E-state index contributed by atoms with van der Waals surface area (Å²) in [5, 5.41) is 12.2. The van der Waals surface area contributed by atoms with Gasteiger partial charge in [0.1, 0.15) is 5.54 Å². The normalized spacial score (nSPS) is 16.5. The van der Waals surface area contributed by atoms with Crippen LogP contribution in [0.3, 0.4) is 0 Å². The number of hydrogen-bond acceptors (Lipinski definition) is 4. The molecule has 17 heavy (non-hydrogen) atoms. The zero-order chi connectivity index (χ0) is 13.3. The lowest BCUT2D eigenvalue weighted by molar-refractivity contribution is 0.117. The lowest BCUT2D eigenvalue weighted by Gasteiger charge is -2.31. The van der Waals surface area contributed by atoms with Gasteiger partial charge in [0.2, 0.25) is 0 Å². The summed E-state index contributed by atoms with van der Waals surface area (Å²) in [5.74, 6) is 0. The number of nitrogens with one attached hydrogen (secondary N) is 1. The van der Waals surface area contributed by atoms with E-state index in [2.05, 4.69) is 30.1 Å². The molecule has 2 unspecified atom stereocenters. The molecule has 0 aromatic heterocycles. The van der Waals surface area contributed by atoms with Crippen LogP contribution < -0.4 is 5.32 Å². The maximum Gasteiger partial charge on any atom is 0.104 e. The first-order chi connectivity index (χ1) is 8.02. The fraction of sp³-hybridized carbons (Fsp3) is 0.923. The lowest BCUT2D eigenvalue weighted by atomic mass is 9.99. The van der Waals surface area contributed by atoms with Crippen molar-refractivity contribution in [3.63, 3.8) is 0 Å². The van der Waals surface area contributed by atoms with Crippen LogP contribution in [-0.4, -0.2) is 50.3 Å². The zero-order valence-electron chi connectivity index (χ0n) is 11.9. The fourth-order valence-electron chi connectivity index (χ4n) is 1.62. The molecule has 1 N–H and O–H groups in total. The largest absolute Gasteiger partial charge is 0.383 e. The second-order valence-electron chi connectivity index (χ2n) is 4.73. The molecular weight excluding hydrogens is 214 g/mol. The SMILES string of the molecule is CCC(C)N(CCOC)CCC(C)(C#N)NC. The van der Waals surface area contributed by atoms with Gasteiger partial charge in [-0.25, -0.2) is 0 Å². The first-order valence-electron chi connectivity index (χ1n) is 6.36. The van der Waals surface area contributed by atoms with E-state index in [1.807, 2.05) is 14.0 Å². The second kappa shape index (κ2) is 8.46. The molecular formula is C13H27N3O. The van der Waals surface area contributed by atoms with Gasteiger partial charge in [-0.2, -0.15) is 5.26 Å².